The molecule has 4 rings (SSSR count). The van der Waals surface area contributed by atoms with Crippen LogP contribution in [0.2, 0.25) is 0 Å². The second-order valence-corrected chi connectivity index (χ2v) is 9.33. The lowest BCUT2D eigenvalue weighted by molar-refractivity contribution is -0.111. The van der Waals surface area contributed by atoms with Crippen LogP contribution in [0.3, 0.4) is 0 Å². The zero-order chi connectivity index (χ0) is 27.6. The number of hydrogen-bond donors (Lipinski definition) is 2. The zero-order valence-corrected chi connectivity index (χ0v) is 22.5. The van der Waals surface area contributed by atoms with Crippen LogP contribution in [0.15, 0.2) is 113 Å². The van der Waals surface area contributed by atoms with Gasteiger partial charge < -0.3 is 10.1 Å². The maximum atomic E-state index is 12.9. The van der Waals surface area contributed by atoms with Crippen molar-refractivity contribution in [2.24, 2.45) is 5.10 Å². The van der Waals surface area contributed by atoms with E-state index in [2.05, 4.69) is 31.8 Å². The van der Waals surface area contributed by atoms with Crippen molar-refractivity contribution in [3.05, 3.63) is 135 Å². The topological polar surface area (TPSA) is 96.9 Å². The van der Waals surface area contributed by atoms with Crippen LogP contribution >= 0.6 is 15.9 Å². The molecule has 0 aromatic heterocycles. The van der Waals surface area contributed by atoms with E-state index >= 15 is 0 Å². The predicted octanol–water partition coefficient (Wildman–Crippen LogP) is 6.39. The summed E-state index contributed by atoms with van der Waals surface area (Å²) in [5, 5.41) is 6.77. The van der Waals surface area contributed by atoms with Crippen LogP contribution in [-0.2, 0) is 4.79 Å². The van der Waals surface area contributed by atoms with Gasteiger partial charge in [-0.2, -0.15) is 5.10 Å². The number of carbonyl (C=O) groups excluding carboxylic acids is 3. The van der Waals surface area contributed by atoms with E-state index in [0.29, 0.717) is 16.8 Å². The molecule has 0 saturated heterocycles. The largest absolute Gasteiger partial charge is 0.422 e. The van der Waals surface area contributed by atoms with Gasteiger partial charge in [0, 0.05) is 16.1 Å². The number of benzene rings is 4. The highest BCUT2D eigenvalue weighted by atomic mass is 79.9. The van der Waals surface area contributed by atoms with E-state index in [-0.39, 0.29) is 17.2 Å². The molecule has 0 aliphatic rings. The van der Waals surface area contributed by atoms with Crippen molar-refractivity contribution in [2.45, 2.75) is 6.92 Å². The molecule has 7 nitrogen and oxygen atoms in total. The molecule has 0 radical (unpaired) electrons. The van der Waals surface area contributed by atoms with Crippen molar-refractivity contribution < 1.29 is 19.1 Å². The molecule has 4 aromatic carbocycles. The van der Waals surface area contributed by atoms with Gasteiger partial charge in [-0.3, -0.25) is 9.59 Å². The number of amides is 2. The minimum absolute atomic E-state index is 0.233. The molecule has 0 heterocycles. The highest BCUT2D eigenvalue weighted by Gasteiger charge is 2.13. The molecule has 0 saturated carbocycles. The Bertz CT molecular complexity index is 1550. The van der Waals surface area contributed by atoms with Crippen LogP contribution in [0.1, 0.15) is 37.4 Å². The first-order valence-corrected chi connectivity index (χ1v) is 12.7. The van der Waals surface area contributed by atoms with E-state index in [1.165, 1.54) is 12.3 Å². The average molecular weight is 582 g/mol. The maximum absolute atomic E-state index is 12.9. The lowest BCUT2D eigenvalue weighted by atomic mass is 10.1. The number of nitrogens with one attached hydrogen (secondary N) is 2. The normalized spacial score (nSPS) is 10.9. The maximum Gasteiger partial charge on any atom is 0.343 e. The quantitative estimate of drug-likeness (QED) is 0.0827. The van der Waals surface area contributed by atoms with Crippen molar-refractivity contribution in [3.63, 3.8) is 0 Å². The van der Waals surface area contributed by atoms with Crippen LogP contribution < -0.4 is 15.5 Å². The van der Waals surface area contributed by atoms with Crippen LogP contribution in [0.25, 0.3) is 6.08 Å². The Morgan fingerprint density at radius 1 is 0.872 bits per heavy atom. The van der Waals surface area contributed by atoms with E-state index in [1.807, 2.05) is 49.4 Å². The monoisotopic (exact) mass is 581 g/mol. The van der Waals surface area contributed by atoms with Crippen LogP contribution in [0.5, 0.6) is 5.75 Å². The van der Waals surface area contributed by atoms with Gasteiger partial charge in [0.15, 0.2) is 0 Å². The third-order valence-corrected chi connectivity index (χ3v) is 5.98. The summed E-state index contributed by atoms with van der Waals surface area (Å²) in [6, 6.07) is 28.1. The number of para-hydroxylation sites is 1. The van der Waals surface area contributed by atoms with Gasteiger partial charge in [-0.15, -0.1) is 0 Å². The molecule has 0 spiro atoms. The molecule has 194 valence electrons. The Morgan fingerprint density at radius 3 is 2.36 bits per heavy atom. The summed E-state index contributed by atoms with van der Waals surface area (Å²) in [7, 11) is 0. The fourth-order valence-electron chi connectivity index (χ4n) is 3.48. The van der Waals surface area contributed by atoms with Gasteiger partial charge in [0.2, 0.25) is 5.91 Å². The summed E-state index contributed by atoms with van der Waals surface area (Å²) in [5.74, 6) is -1.14. The molecule has 8 heteroatoms. The molecule has 0 atom stereocenters. The van der Waals surface area contributed by atoms with E-state index in [4.69, 9.17) is 4.74 Å². The Morgan fingerprint density at radius 2 is 1.59 bits per heavy atom. The number of anilines is 1. The average Bonchev–Trinajstić information content (AvgIpc) is 2.94. The molecular formula is C31H24BrN3O4. The van der Waals surface area contributed by atoms with E-state index < -0.39 is 11.9 Å². The summed E-state index contributed by atoms with van der Waals surface area (Å²) in [4.78, 5) is 37.9. The van der Waals surface area contributed by atoms with Crippen LogP contribution in [0, 0.1) is 6.92 Å². The molecule has 0 fully saturated rings. The lowest BCUT2D eigenvalue weighted by Crippen LogP contribution is -2.20. The van der Waals surface area contributed by atoms with Crippen molar-refractivity contribution in [1.29, 1.82) is 0 Å². The van der Waals surface area contributed by atoms with Gasteiger partial charge in [-0.25, -0.2) is 10.2 Å². The Balaban J connectivity index is 1.43. The van der Waals surface area contributed by atoms with Gasteiger partial charge >= 0.3 is 5.97 Å². The SMILES string of the molecule is Cc1ccc(C(=O)Oc2ccc(Br)cc2/C=N\NC(=O)c2ccccc2NC(=O)/C=C/c2ccccc2)cc1. The summed E-state index contributed by atoms with van der Waals surface area (Å²) in [6.07, 6.45) is 4.46. The van der Waals surface area contributed by atoms with E-state index in [1.54, 1.807) is 60.7 Å². The molecule has 0 aliphatic heterocycles. The fraction of sp³-hybridized carbons (Fsp3) is 0.0323. The smallest absolute Gasteiger partial charge is 0.343 e. The summed E-state index contributed by atoms with van der Waals surface area (Å²) < 4.78 is 6.31. The molecule has 0 unspecified atom stereocenters. The highest BCUT2D eigenvalue weighted by molar-refractivity contribution is 9.10. The number of hydrogen-bond acceptors (Lipinski definition) is 5. The number of ether oxygens (including phenoxy) is 1. The molecule has 0 aliphatic carbocycles. The van der Waals surface area contributed by atoms with Crippen LogP contribution in [0.4, 0.5) is 5.69 Å². The summed E-state index contributed by atoms with van der Waals surface area (Å²) in [5.41, 5.74) is 5.83. The van der Waals surface area contributed by atoms with Gasteiger partial charge in [-0.05, 0) is 61.0 Å². The third-order valence-electron chi connectivity index (χ3n) is 5.49. The summed E-state index contributed by atoms with van der Waals surface area (Å²) >= 11 is 3.40. The first-order valence-electron chi connectivity index (χ1n) is 11.9. The minimum Gasteiger partial charge on any atom is -0.422 e. The number of rotatable bonds is 8. The third kappa shape index (κ3) is 7.83. The van der Waals surface area contributed by atoms with Gasteiger partial charge in [0.1, 0.15) is 5.75 Å². The molecule has 2 N–H and O–H groups in total. The number of halogens is 1. The number of carbonyl (C=O) groups is 3. The Hall–Kier alpha value is -4.82. The summed E-state index contributed by atoms with van der Waals surface area (Å²) in [6.45, 7) is 1.93. The van der Waals surface area contributed by atoms with Crippen molar-refractivity contribution in [3.8, 4) is 5.75 Å². The lowest BCUT2D eigenvalue weighted by Gasteiger charge is -2.09. The van der Waals surface area contributed by atoms with Crippen LogP contribution in [-0.4, -0.2) is 24.0 Å². The highest BCUT2D eigenvalue weighted by Crippen LogP contribution is 2.23. The van der Waals surface area contributed by atoms with E-state index in [0.717, 1.165) is 15.6 Å². The van der Waals surface area contributed by atoms with Gasteiger partial charge in [-0.1, -0.05) is 76.1 Å². The van der Waals surface area contributed by atoms with Crippen molar-refractivity contribution in [1.82, 2.24) is 5.43 Å². The minimum atomic E-state index is -0.526. The Labute approximate surface area is 234 Å². The Kier molecular flexibility index (Phi) is 9.16. The predicted molar refractivity (Wildman–Crippen MR) is 156 cm³/mol. The molecule has 2 amide bonds. The van der Waals surface area contributed by atoms with Gasteiger partial charge in [0.05, 0.1) is 23.0 Å². The standard InChI is InChI=1S/C31H24BrN3O4/c1-21-11-14-23(15-12-21)31(38)39-28-17-16-25(32)19-24(28)20-33-35-30(37)26-9-5-6-10-27(26)34-29(36)18-13-22-7-3-2-4-8-22/h2-20H,1H3,(H,34,36)(H,35,37)/b18-13+,33-20-. The molecule has 39 heavy (non-hydrogen) atoms. The second kappa shape index (κ2) is 13.1. The molecular weight excluding hydrogens is 558 g/mol. The molecule has 4 aromatic rings. The number of nitrogens with zero attached hydrogens (tertiary/aromatic N) is 1. The number of esters is 1. The second-order valence-electron chi connectivity index (χ2n) is 8.42. The van der Waals surface area contributed by atoms with Gasteiger partial charge in [0.25, 0.3) is 5.91 Å². The fourth-order valence-corrected chi connectivity index (χ4v) is 3.86. The number of hydrazone groups is 1. The number of aryl methyl sites for hydroxylation is 1. The molecule has 0 bridgehead atoms. The van der Waals surface area contributed by atoms with E-state index in [9.17, 15) is 14.4 Å². The van der Waals surface area contributed by atoms with Crippen molar-refractivity contribution >= 4 is 51.7 Å². The first kappa shape index (κ1) is 27.2. The first-order chi connectivity index (χ1) is 18.9. The zero-order valence-electron chi connectivity index (χ0n) is 20.9. The van der Waals surface area contributed by atoms with Crippen molar-refractivity contribution in [2.75, 3.05) is 5.32 Å².